The van der Waals surface area contributed by atoms with E-state index in [0.717, 1.165) is 25.2 Å². The van der Waals surface area contributed by atoms with Crippen molar-refractivity contribution in [2.75, 3.05) is 18.0 Å². The second kappa shape index (κ2) is 5.76. The van der Waals surface area contributed by atoms with Gasteiger partial charge in [0.25, 0.3) is 0 Å². The van der Waals surface area contributed by atoms with Gasteiger partial charge in [0.05, 0.1) is 5.69 Å². The lowest BCUT2D eigenvalue weighted by molar-refractivity contribution is 0.341. The number of aromatic nitrogens is 2. The number of aryl methyl sites for hydroxylation is 1. The standard InChI is InChI=1S/C16H28N4/c1-12-10-19(9-8-15(12)17)16-18-13(2)11-20(16)14-6-4-3-5-7-14/h11-12,14-15H,3-10,17H2,1-2H3. The van der Waals surface area contributed by atoms with Crippen LogP contribution in [0.15, 0.2) is 6.20 Å². The number of nitrogens with two attached hydrogens (primary N) is 1. The molecule has 2 N–H and O–H groups in total. The van der Waals surface area contributed by atoms with Crippen molar-refractivity contribution in [3.63, 3.8) is 0 Å². The summed E-state index contributed by atoms with van der Waals surface area (Å²) in [6, 6.07) is 1.01. The molecule has 2 fully saturated rings. The molecule has 2 aliphatic rings. The number of anilines is 1. The zero-order chi connectivity index (χ0) is 14.1. The molecule has 0 spiro atoms. The van der Waals surface area contributed by atoms with Crippen LogP contribution in [0.2, 0.25) is 0 Å². The molecule has 1 aliphatic carbocycles. The summed E-state index contributed by atoms with van der Waals surface area (Å²) >= 11 is 0. The monoisotopic (exact) mass is 276 g/mol. The minimum atomic E-state index is 0.352. The molecule has 3 rings (SSSR count). The van der Waals surface area contributed by atoms with E-state index in [1.165, 1.54) is 38.1 Å². The molecule has 1 saturated heterocycles. The molecule has 0 amide bonds. The molecule has 4 heteroatoms. The van der Waals surface area contributed by atoms with E-state index in [0.29, 0.717) is 18.0 Å². The summed E-state index contributed by atoms with van der Waals surface area (Å²) in [4.78, 5) is 7.27. The van der Waals surface area contributed by atoms with Gasteiger partial charge in [-0.1, -0.05) is 26.2 Å². The average Bonchev–Trinajstić information content (AvgIpc) is 2.85. The number of nitrogens with zero attached hydrogens (tertiary/aromatic N) is 3. The van der Waals surface area contributed by atoms with Crippen molar-refractivity contribution in [1.82, 2.24) is 9.55 Å². The third-order valence-electron chi connectivity index (χ3n) is 5.06. The molecule has 20 heavy (non-hydrogen) atoms. The van der Waals surface area contributed by atoms with Gasteiger partial charge in [-0.15, -0.1) is 0 Å². The van der Waals surface area contributed by atoms with Crippen molar-refractivity contribution < 1.29 is 0 Å². The van der Waals surface area contributed by atoms with Crippen molar-refractivity contribution in [3.8, 4) is 0 Å². The summed E-state index contributed by atoms with van der Waals surface area (Å²) in [7, 11) is 0. The maximum atomic E-state index is 6.15. The number of rotatable bonds is 2. The Hall–Kier alpha value is -1.03. The van der Waals surface area contributed by atoms with Gasteiger partial charge in [-0.3, -0.25) is 0 Å². The molecule has 4 nitrogen and oxygen atoms in total. The van der Waals surface area contributed by atoms with Crippen LogP contribution >= 0.6 is 0 Å². The van der Waals surface area contributed by atoms with E-state index in [9.17, 15) is 0 Å². The topological polar surface area (TPSA) is 47.1 Å². The van der Waals surface area contributed by atoms with E-state index >= 15 is 0 Å². The average molecular weight is 276 g/mol. The second-order valence-electron chi connectivity index (χ2n) is 6.76. The first kappa shape index (κ1) is 13.9. The van der Waals surface area contributed by atoms with Gasteiger partial charge in [-0.25, -0.2) is 4.98 Å². The van der Waals surface area contributed by atoms with Crippen molar-refractivity contribution in [3.05, 3.63) is 11.9 Å². The van der Waals surface area contributed by atoms with Gasteiger partial charge in [0.2, 0.25) is 5.95 Å². The highest BCUT2D eigenvalue weighted by Gasteiger charge is 2.28. The van der Waals surface area contributed by atoms with E-state index in [1.54, 1.807) is 0 Å². The Morgan fingerprint density at radius 2 is 1.95 bits per heavy atom. The third kappa shape index (κ3) is 2.71. The van der Waals surface area contributed by atoms with E-state index < -0.39 is 0 Å². The Bertz CT molecular complexity index is 447. The van der Waals surface area contributed by atoms with Crippen LogP contribution in [0, 0.1) is 12.8 Å². The smallest absolute Gasteiger partial charge is 0.205 e. The number of hydrogen-bond donors (Lipinski definition) is 1. The molecular formula is C16H28N4. The minimum absolute atomic E-state index is 0.352. The van der Waals surface area contributed by atoms with E-state index in [4.69, 9.17) is 10.7 Å². The predicted molar refractivity (Wildman–Crippen MR) is 83.1 cm³/mol. The summed E-state index contributed by atoms with van der Waals surface area (Å²) < 4.78 is 2.46. The van der Waals surface area contributed by atoms with E-state index in [1.807, 2.05) is 0 Å². The van der Waals surface area contributed by atoms with Crippen molar-refractivity contribution >= 4 is 5.95 Å². The lowest BCUT2D eigenvalue weighted by Crippen LogP contribution is -2.47. The lowest BCUT2D eigenvalue weighted by atomic mass is 9.94. The van der Waals surface area contributed by atoms with Crippen LogP contribution < -0.4 is 10.6 Å². The molecule has 1 saturated carbocycles. The molecule has 0 aromatic carbocycles. The van der Waals surface area contributed by atoms with Gasteiger partial charge in [-0.05, 0) is 32.1 Å². The Morgan fingerprint density at radius 3 is 2.65 bits per heavy atom. The molecule has 0 bridgehead atoms. The van der Waals surface area contributed by atoms with E-state index in [2.05, 4.69) is 29.5 Å². The Balaban J connectivity index is 1.82. The predicted octanol–water partition coefficient (Wildman–Crippen LogP) is 2.87. The molecule has 1 aliphatic heterocycles. The van der Waals surface area contributed by atoms with Crippen LogP contribution in [-0.4, -0.2) is 28.7 Å². The van der Waals surface area contributed by atoms with Gasteiger partial charge < -0.3 is 15.2 Å². The van der Waals surface area contributed by atoms with Crippen LogP contribution in [0.25, 0.3) is 0 Å². The number of imidazole rings is 1. The maximum Gasteiger partial charge on any atom is 0.205 e. The SMILES string of the molecule is Cc1cn(C2CCCCC2)c(N2CCC(N)C(C)C2)n1. The fourth-order valence-corrected chi connectivity index (χ4v) is 3.71. The van der Waals surface area contributed by atoms with Gasteiger partial charge in [0.1, 0.15) is 0 Å². The molecule has 1 aromatic heterocycles. The van der Waals surface area contributed by atoms with Crippen molar-refractivity contribution in [1.29, 1.82) is 0 Å². The summed E-state index contributed by atoms with van der Waals surface area (Å²) in [5.74, 6) is 1.74. The molecule has 2 atom stereocenters. The van der Waals surface area contributed by atoms with Crippen LogP contribution in [0.4, 0.5) is 5.95 Å². The van der Waals surface area contributed by atoms with Gasteiger partial charge in [-0.2, -0.15) is 0 Å². The maximum absolute atomic E-state index is 6.15. The van der Waals surface area contributed by atoms with Gasteiger partial charge >= 0.3 is 0 Å². The Labute approximate surface area is 122 Å². The minimum Gasteiger partial charge on any atom is -0.342 e. The number of hydrogen-bond acceptors (Lipinski definition) is 3. The summed E-state index contributed by atoms with van der Waals surface area (Å²) in [5.41, 5.74) is 7.30. The fraction of sp³-hybridized carbons (Fsp3) is 0.812. The first-order valence-electron chi connectivity index (χ1n) is 8.21. The summed E-state index contributed by atoms with van der Waals surface area (Å²) in [6.07, 6.45) is 10.1. The zero-order valence-electron chi connectivity index (χ0n) is 12.9. The first-order chi connectivity index (χ1) is 9.65. The highest BCUT2D eigenvalue weighted by atomic mass is 15.3. The molecule has 1 aromatic rings. The number of piperidine rings is 1. The molecule has 0 radical (unpaired) electrons. The molecular weight excluding hydrogens is 248 g/mol. The molecule has 112 valence electrons. The molecule has 2 unspecified atom stereocenters. The van der Waals surface area contributed by atoms with E-state index in [-0.39, 0.29) is 0 Å². The normalized spacial score (nSPS) is 28.9. The Morgan fingerprint density at radius 1 is 1.20 bits per heavy atom. The van der Waals surface area contributed by atoms with Crippen LogP contribution in [0.1, 0.15) is 57.2 Å². The first-order valence-corrected chi connectivity index (χ1v) is 8.21. The van der Waals surface area contributed by atoms with Crippen molar-refractivity contribution in [2.24, 2.45) is 11.7 Å². The fourth-order valence-electron chi connectivity index (χ4n) is 3.71. The molecule has 2 heterocycles. The van der Waals surface area contributed by atoms with Crippen LogP contribution in [0.3, 0.4) is 0 Å². The van der Waals surface area contributed by atoms with Gasteiger partial charge in [0.15, 0.2) is 0 Å². The zero-order valence-corrected chi connectivity index (χ0v) is 12.9. The third-order valence-corrected chi connectivity index (χ3v) is 5.06. The van der Waals surface area contributed by atoms with Crippen molar-refractivity contribution in [2.45, 2.75) is 64.5 Å². The highest BCUT2D eigenvalue weighted by molar-refractivity contribution is 5.35. The second-order valence-corrected chi connectivity index (χ2v) is 6.76. The largest absolute Gasteiger partial charge is 0.342 e. The van der Waals surface area contributed by atoms with Crippen LogP contribution in [0.5, 0.6) is 0 Å². The van der Waals surface area contributed by atoms with Crippen LogP contribution in [-0.2, 0) is 0 Å². The summed E-state index contributed by atoms with van der Waals surface area (Å²) in [5, 5.41) is 0. The highest BCUT2D eigenvalue weighted by Crippen LogP contribution is 2.33. The Kier molecular flexibility index (Phi) is 4.01. The van der Waals surface area contributed by atoms with Gasteiger partial charge in [0, 0.05) is 31.4 Å². The summed E-state index contributed by atoms with van der Waals surface area (Å²) in [6.45, 7) is 6.47. The lowest BCUT2D eigenvalue weighted by Gasteiger charge is -2.37. The quantitative estimate of drug-likeness (QED) is 0.903.